The summed E-state index contributed by atoms with van der Waals surface area (Å²) in [4.78, 5) is 17.7. The Kier molecular flexibility index (Phi) is 7.46. The number of aliphatic imine (C=N–C) groups is 1. The number of carbonyl (C=O) groups is 1. The van der Waals surface area contributed by atoms with Gasteiger partial charge in [-0.1, -0.05) is 42.3 Å². The van der Waals surface area contributed by atoms with Gasteiger partial charge in [0, 0.05) is 30.5 Å². The molecule has 0 bridgehead atoms. The molecule has 32 heavy (non-hydrogen) atoms. The summed E-state index contributed by atoms with van der Waals surface area (Å²) >= 11 is 0. The van der Waals surface area contributed by atoms with Crippen LogP contribution in [0.4, 0.5) is 5.69 Å². The van der Waals surface area contributed by atoms with Crippen molar-refractivity contribution in [1.29, 1.82) is 0 Å². The van der Waals surface area contributed by atoms with Crippen LogP contribution in [0.3, 0.4) is 0 Å². The summed E-state index contributed by atoms with van der Waals surface area (Å²) in [6, 6.07) is 13.9. The fourth-order valence-corrected chi connectivity index (χ4v) is 3.93. The van der Waals surface area contributed by atoms with E-state index < -0.39 is 0 Å². The second-order valence-corrected chi connectivity index (χ2v) is 8.22. The molecule has 0 saturated heterocycles. The second-order valence-electron chi connectivity index (χ2n) is 8.22. The van der Waals surface area contributed by atoms with Crippen LogP contribution < -0.4 is 10.6 Å². The second kappa shape index (κ2) is 10.3. The van der Waals surface area contributed by atoms with Crippen LogP contribution in [0.5, 0.6) is 0 Å². The molecule has 0 aliphatic rings. The minimum Gasteiger partial charge on any atom is -0.326 e. The number of para-hydroxylation sites is 1. The van der Waals surface area contributed by atoms with Gasteiger partial charge in [-0.2, -0.15) is 5.10 Å². The molecular weight excluding hydrogens is 398 g/mol. The third kappa shape index (κ3) is 5.63. The maximum atomic E-state index is 13.0. The zero-order valence-electron chi connectivity index (χ0n) is 19.9. The first-order valence-electron chi connectivity index (χ1n) is 11.1. The summed E-state index contributed by atoms with van der Waals surface area (Å²) in [7, 11) is 1.95. The maximum absolute atomic E-state index is 13.0. The average molecular weight is 432 g/mol. The van der Waals surface area contributed by atoms with E-state index in [1.54, 1.807) is 0 Å². The smallest absolute Gasteiger partial charge is 0.257 e. The van der Waals surface area contributed by atoms with Gasteiger partial charge in [-0.25, -0.2) is 0 Å². The molecule has 0 radical (unpaired) electrons. The van der Waals surface area contributed by atoms with Crippen molar-refractivity contribution in [3.8, 4) is 0 Å². The standard InChI is InChI=1S/C26H33N5O/c1-7-21-10-8-9-11-24(21)28-26(27-13-12-23-19(4)30-31(6)20(23)5)29-25(32)22-15-17(2)14-18(3)16-22/h8-11,14-16H,7,12-13H2,1-6H3,(H2,27,28,29,32). The topological polar surface area (TPSA) is 71.3 Å². The van der Waals surface area contributed by atoms with E-state index in [1.165, 1.54) is 11.1 Å². The van der Waals surface area contributed by atoms with Crippen molar-refractivity contribution in [3.63, 3.8) is 0 Å². The maximum Gasteiger partial charge on any atom is 0.257 e. The van der Waals surface area contributed by atoms with Gasteiger partial charge in [0.2, 0.25) is 5.96 Å². The summed E-state index contributed by atoms with van der Waals surface area (Å²) in [5.41, 5.74) is 8.21. The van der Waals surface area contributed by atoms with Crippen LogP contribution in [0.25, 0.3) is 0 Å². The molecule has 3 aromatic rings. The zero-order chi connectivity index (χ0) is 23.3. The quantitative estimate of drug-likeness (QED) is 0.441. The number of benzene rings is 2. The SMILES string of the molecule is CCc1ccccc1NC(=NCCc1c(C)nn(C)c1C)NC(=O)c1cc(C)cc(C)c1. The van der Waals surface area contributed by atoms with Crippen molar-refractivity contribution in [2.45, 2.75) is 47.5 Å². The Morgan fingerprint density at radius 1 is 1.06 bits per heavy atom. The Balaban J connectivity index is 1.84. The van der Waals surface area contributed by atoms with Gasteiger partial charge in [0.1, 0.15) is 0 Å². The van der Waals surface area contributed by atoms with Crippen LogP contribution in [0.1, 0.15) is 50.9 Å². The van der Waals surface area contributed by atoms with Crippen LogP contribution in [0, 0.1) is 27.7 Å². The van der Waals surface area contributed by atoms with Crippen LogP contribution in [0.15, 0.2) is 47.5 Å². The summed E-state index contributed by atoms with van der Waals surface area (Å²) in [5, 5.41) is 10.8. The van der Waals surface area contributed by atoms with Gasteiger partial charge in [-0.05, 0) is 69.9 Å². The third-order valence-corrected chi connectivity index (χ3v) is 5.66. The van der Waals surface area contributed by atoms with Crippen molar-refractivity contribution < 1.29 is 4.79 Å². The molecule has 3 rings (SSSR count). The Labute approximate surface area is 190 Å². The third-order valence-electron chi connectivity index (χ3n) is 5.66. The highest BCUT2D eigenvalue weighted by Crippen LogP contribution is 2.16. The lowest BCUT2D eigenvalue weighted by Crippen LogP contribution is -2.36. The number of amides is 1. The molecule has 1 heterocycles. The molecule has 2 aromatic carbocycles. The van der Waals surface area contributed by atoms with E-state index in [0.29, 0.717) is 18.1 Å². The van der Waals surface area contributed by atoms with Gasteiger partial charge in [-0.3, -0.25) is 19.8 Å². The minimum atomic E-state index is -0.175. The summed E-state index contributed by atoms with van der Waals surface area (Å²) in [6.45, 7) is 10.7. The number of rotatable bonds is 6. The molecule has 6 nitrogen and oxygen atoms in total. The molecule has 0 aliphatic carbocycles. The highest BCUT2D eigenvalue weighted by molar-refractivity contribution is 6.10. The number of aromatic nitrogens is 2. The fraction of sp³-hybridized carbons (Fsp3) is 0.346. The molecule has 0 atom stereocenters. The monoisotopic (exact) mass is 431 g/mol. The predicted molar refractivity (Wildman–Crippen MR) is 132 cm³/mol. The van der Waals surface area contributed by atoms with E-state index >= 15 is 0 Å². The van der Waals surface area contributed by atoms with Gasteiger partial charge >= 0.3 is 0 Å². The van der Waals surface area contributed by atoms with Gasteiger partial charge in [0.25, 0.3) is 5.91 Å². The van der Waals surface area contributed by atoms with Crippen LogP contribution in [0.2, 0.25) is 0 Å². The number of aryl methyl sites for hydroxylation is 5. The zero-order valence-corrected chi connectivity index (χ0v) is 19.9. The number of nitrogens with zero attached hydrogens (tertiary/aromatic N) is 3. The Morgan fingerprint density at radius 3 is 2.38 bits per heavy atom. The molecule has 2 N–H and O–H groups in total. The van der Waals surface area contributed by atoms with Gasteiger partial charge in [0.05, 0.1) is 5.69 Å². The molecule has 6 heteroatoms. The summed E-state index contributed by atoms with van der Waals surface area (Å²) < 4.78 is 1.90. The molecule has 0 aliphatic heterocycles. The molecule has 0 unspecified atom stereocenters. The summed E-state index contributed by atoms with van der Waals surface area (Å²) in [6.07, 6.45) is 1.64. The first kappa shape index (κ1) is 23.3. The van der Waals surface area contributed by atoms with Crippen molar-refractivity contribution in [2.75, 3.05) is 11.9 Å². The molecular formula is C26H33N5O. The fourth-order valence-electron chi connectivity index (χ4n) is 3.93. The van der Waals surface area contributed by atoms with E-state index in [9.17, 15) is 4.79 Å². The number of carbonyl (C=O) groups excluding carboxylic acids is 1. The lowest BCUT2D eigenvalue weighted by molar-refractivity contribution is 0.0976. The van der Waals surface area contributed by atoms with Gasteiger partial charge in [0.15, 0.2) is 0 Å². The Bertz CT molecular complexity index is 1120. The normalized spacial score (nSPS) is 11.5. The first-order valence-corrected chi connectivity index (χ1v) is 11.1. The van der Waals surface area contributed by atoms with E-state index in [-0.39, 0.29) is 5.91 Å². The van der Waals surface area contributed by atoms with Gasteiger partial charge in [-0.15, -0.1) is 0 Å². The van der Waals surface area contributed by atoms with E-state index in [4.69, 9.17) is 4.99 Å². The Morgan fingerprint density at radius 2 is 1.75 bits per heavy atom. The molecule has 0 fully saturated rings. The minimum absolute atomic E-state index is 0.175. The Hall–Kier alpha value is -3.41. The van der Waals surface area contributed by atoms with Crippen molar-refractivity contribution in [3.05, 3.63) is 81.7 Å². The van der Waals surface area contributed by atoms with Crippen molar-refractivity contribution in [2.24, 2.45) is 12.0 Å². The van der Waals surface area contributed by atoms with E-state index in [0.717, 1.165) is 41.0 Å². The number of anilines is 1. The highest BCUT2D eigenvalue weighted by atomic mass is 16.1. The van der Waals surface area contributed by atoms with Crippen molar-refractivity contribution >= 4 is 17.6 Å². The molecule has 0 spiro atoms. The predicted octanol–water partition coefficient (Wildman–Crippen LogP) is 4.66. The van der Waals surface area contributed by atoms with E-state index in [1.807, 2.05) is 62.8 Å². The number of hydrogen-bond donors (Lipinski definition) is 2. The lowest BCUT2D eigenvalue weighted by atomic mass is 10.1. The molecule has 168 valence electrons. The molecule has 1 amide bonds. The van der Waals surface area contributed by atoms with E-state index in [2.05, 4.69) is 41.7 Å². The summed E-state index contributed by atoms with van der Waals surface area (Å²) in [5.74, 6) is 0.278. The molecule has 0 saturated carbocycles. The van der Waals surface area contributed by atoms with Gasteiger partial charge < -0.3 is 5.32 Å². The highest BCUT2D eigenvalue weighted by Gasteiger charge is 2.13. The molecule has 1 aromatic heterocycles. The van der Waals surface area contributed by atoms with Crippen LogP contribution >= 0.6 is 0 Å². The van der Waals surface area contributed by atoms with Crippen molar-refractivity contribution in [1.82, 2.24) is 15.1 Å². The largest absolute Gasteiger partial charge is 0.326 e. The number of hydrogen-bond acceptors (Lipinski definition) is 3. The average Bonchev–Trinajstić information content (AvgIpc) is 2.99. The lowest BCUT2D eigenvalue weighted by Gasteiger charge is -2.15. The van der Waals surface area contributed by atoms with Crippen LogP contribution in [-0.2, 0) is 19.9 Å². The first-order chi connectivity index (χ1) is 15.3. The van der Waals surface area contributed by atoms with Crippen LogP contribution in [-0.4, -0.2) is 28.2 Å². The number of guanidine groups is 1. The number of nitrogens with one attached hydrogen (secondary N) is 2.